The van der Waals surface area contributed by atoms with Gasteiger partial charge in [0.25, 0.3) is 0 Å². The molecule has 18 heavy (non-hydrogen) atoms. The van der Waals surface area contributed by atoms with Crippen LogP contribution >= 0.6 is 12.4 Å². The van der Waals surface area contributed by atoms with Gasteiger partial charge >= 0.3 is 5.97 Å². The van der Waals surface area contributed by atoms with Crippen LogP contribution < -0.4 is 5.32 Å². The Kier molecular flexibility index (Phi) is 6.01. The zero-order chi connectivity index (χ0) is 12.1. The van der Waals surface area contributed by atoms with Crippen LogP contribution in [0.5, 0.6) is 0 Å². The van der Waals surface area contributed by atoms with E-state index in [1.807, 2.05) is 0 Å². The van der Waals surface area contributed by atoms with E-state index in [2.05, 4.69) is 15.3 Å². The summed E-state index contributed by atoms with van der Waals surface area (Å²) in [5, 5.41) is 3.30. The van der Waals surface area contributed by atoms with E-state index in [1.165, 1.54) is 0 Å². The van der Waals surface area contributed by atoms with Gasteiger partial charge in [0.15, 0.2) is 0 Å². The topological polar surface area (TPSA) is 64.1 Å². The van der Waals surface area contributed by atoms with Crippen molar-refractivity contribution in [3.05, 3.63) is 23.8 Å². The molecular formula is C12H18ClN3O2. The lowest BCUT2D eigenvalue weighted by molar-refractivity contribution is 0.0525. The van der Waals surface area contributed by atoms with Gasteiger partial charge in [0, 0.05) is 18.3 Å². The Labute approximate surface area is 113 Å². The zero-order valence-corrected chi connectivity index (χ0v) is 11.2. The fraction of sp³-hybridized carbons (Fsp3) is 0.583. The van der Waals surface area contributed by atoms with Crippen molar-refractivity contribution in [1.82, 2.24) is 15.3 Å². The first-order valence-electron chi connectivity index (χ1n) is 6.01. The van der Waals surface area contributed by atoms with E-state index in [4.69, 9.17) is 4.74 Å². The molecule has 1 N–H and O–H groups in total. The number of ether oxygens (including phenoxy) is 1. The van der Waals surface area contributed by atoms with Crippen molar-refractivity contribution in [2.45, 2.75) is 25.7 Å². The van der Waals surface area contributed by atoms with Gasteiger partial charge in [-0.15, -0.1) is 12.4 Å². The van der Waals surface area contributed by atoms with Crippen LogP contribution in [0.1, 0.15) is 41.9 Å². The van der Waals surface area contributed by atoms with Crippen LogP contribution in [0, 0.1) is 0 Å². The van der Waals surface area contributed by atoms with Crippen LogP contribution in [0.25, 0.3) is 0 Å². The third kappa shape index (κ3) is 3.65. The molecule has 1 saturated heterocycles. The summed E-state index contributed by atoms with van der Waals surface area (Å²) in [6.07, 6.45) is 5.22. The van der Waals surface area contributed by atoms with Crippen molar-refractivity contribution in [3.63, 3.8) is 0 Å². The van der Waals surface area contributed by atoms with Crippen LogP contribution in [-0.2, 0) is 4.74 Å². The van der Waals surface area contributed by atoms with E-state index in [-0.39, 0.29) is 18.4 Å². The van der Waals surface area contributed by atoms with Crippen molar-refractivity contribution < 1.29 is 9.53 Å². The molecule has 0 amide bonds. The number of hydrogen-bond acceptors (Lipinski definition) is 5. The molecule has 0 spiro atoms. The molecule has 1 aliphatic heterocycles. The third-order valence-electron chi connectivity index (χ3n) is 2.89. The van der Waals surface area contributed by atoms with Gasteiger partial charge in [0.05, 0.1) is 12.2 Å². The van der Waals surface area contributed by atoms with Crippen LogP contribution in [0.15, 0.2) is 12.4 Å². The predicted molar refractivity (Wildman–Crippen MR) is 70.1 cm³/mol. The molecule has 100 valence electrons. The zero-order valence-electron chi connectivity index (χ0n) is 10.4. The number of carbonyl (C=O) groups is 1. The number of esters is 1. The van der Waals surface area contributed by atoms with Crippen LogP contribution in [0.2, 0.25) is 0 Å². The molecule has 6 heteroatoms. The standard InChI is InChI=1S/C12H17N3O2.ClH/c1-2-17-12(16)10-7-14-11(15-8-10)9-3-5-13-6-4-9;/h7-9,13H,2-6H2,1H3;1H. The maximum Gasteiger partial charge on any atom is 0.341 e. The Balaban J connectivity index is 0.00000162. The van der Waals surface area contributed by atoms with Crippen LogP contribution in [0.3, 0.4) is 0 Å². The van der Waals surface area contributed by atoms with E-state index in [0.29, 0.717) is 18.1 Å². The van der Waals surface area contributed by atoms with Crippen molar-refractivity contribution in [2.75, 3.05) is 19.7 Å². The molecule has 1 aliphatic rings. The monoisotopic (exact) mass is 271 g/mol. The number of carbonyl (C=O) groups excluding carboxylic acids is 1. The third-order valence-corrected chi connectivity index (χ3v) is 2.89. The van der Waals surface area contributed by atoms with Crippen molar-refractivity contribution >= 4 is 18.4 Å². The maximum atomic E-state index is 11.4. The highest BCUT2D eigenvalue weighted by Gasteiger charge is 2.18. The first-order chi connectivity index (χ1) is 8.31. The van der Waals surface area contributed by atoms with E-state index >= 15 is 0 Å². The molecule has 0 radical (unpaired) electrons. The summed E-state index contributed by atoms with van der Waals surface area (Å²) in [6, 6.07) is 0. The molecule has 1 fully saturated rings. The summed E-state index contributed by atoms with van der Waals surface area (Å²) in [5.41, 5.74) is 0.421. The lowest BCUT2D eigenvalue weighted by Crippen LogP contribution is -2.27. The minimum Gasteiger partial charge on any atom is -0.462 e. The number of halogens is 1. The van der Waals surface area contributed by atoms with Gasteiger partial charge in [-0.2, -0.15) is 0 Å². The first kappa shape index (κ1) is 14.9. The average molecular weight is 272 g/mol. The van der Waals surface area contributed by atoms with Crippen LogP contribution in [0.4, 0.5) is 0 Å². The second-order valence-electron chi connectivity index (χ2n) is 4.07. The number of hydrogen-bond donors (Lipinski definition) is 1. The highest BCUT2D eigenvalue weighted by atomic mass is 35.5. The van der Waals surface area contributed by atoms with Gasteiger partial charge in [-0.05, 0) is 32.9 Å². The molecule has 0 unspecified atom stereocenters. The van der Waals surface area contributed by atoms with E-state index in [1.54, 1.807) is 19.3 Å². The normalized spacial score (nSPS) is 15.8. The fourth-order valence-electron chi connectivity index (χ4n) is 1.95. The van der Waals surface area contributed by atoms with Crippen molar-refractivity contribution in [2.24, 2.45) is 0 Å². The smallest absolute Gasteiger partial charge is 0.341 e. The van der Waals surface area contributed by atoms with Gasteiger partial charge in [0.1, 0.15) is 5.82 Å². The Morgan fingerprint density at radius 1 is 1.39 bits per heavy atom. The van der Waals surface area contributed by atoms with Gasteiger partial charge < -0.3 is 10.1 Å². The Hall–Kier alpha value is -1.20. The molecule has 1 aromatic heterocycles. The minimum absolute atomic E-state index is 0. The molecule has 0 bridgehead atoms. The molecule has 5 nitrogen and oxygen atoms in total. The molecule has 0 saturated carbocycles. The van der Waals surface area contributed by atoms with Crippen LogP contribution in [-0.4, -0.2) is 35.6 Å². The largest absolute Gasteiger partial charge is 0.462 e. The molecular weight excluding hydrogens is 254 g/mol. The molecule has 0 atom stereocenters. The summed E-state index contributed by atoms with van der Waals surface area (Å²) >= 11 is 0. The molecule has 1 aromatic rings. The Morgan fingerprint density at radius 3 is 2.56 bits per heavy atom. The van der Waals surface area contributed by atoms with E-state index in [9.17, 15) is 4.79 Å². The summed E-state index contributed by atoms with van der Waals surface area (Å²) in [5.74, 6) is 0.886. The molecule has 0 aromatic carbocycles. The number of rotatable bonds is 3. The fourth-order valence-corrected chi connectivity index (χ4v) is 1.95. The van der Waals surface area contributed by atoms with Gasteiger partial charge in [-0.3, -0.25) is 0 Å². The predicted octanol–water partition coefficient (Wildman–Crippen LogP) is 1.54. The highest BCUT2D eigenvalue weighted by Crippen LogP contribution is 2.21. The number of nitrogens with one attached hydrogen (secondary N) is 1. The number of aromatic nitrogens is 2. The SMILES string of the molecule is CCOC(=O)c1cnc(C2CCNCC2)nc1.Cl. The lowest BCUT2D eigenvalue weighted by atomic mass is 9.97. The first-order valence-corrected chi connectivity index (χ1v) is 6.01. The molecule has 0 aliphatic carbocycles. The van der Waals surface area contributed by atoms with Crippen molar-refractivity contribution in [1.29, 1.82) is 0 Å². The average Bonchev–Trinajstić information content (AvgIpc) is 2.40. The number of piperidine rings is 1. The van der Waals surface area contributed by atoms with Gasteiger partial charge in [-0.25, -0.2) is 14.8 Å². The van der Waals surface area contributed by atoms with Gasteiger partial charge in [0.2, 0.25) is 0 Å². The minimum atomic E-state index is -0.357. The summed E-state index contributed by atoms with van der Waals surface area (Å²) in [7, 11) is 0. The second-order valence-corrected chi connectivity index (χ2v) is 4.07. The van der Waals surface area contributed by atoms with Crippen molar-refractivity contribution in [3.8, 4) is 0 Å². The number of nitrogens with zero attached hydrogens (tertiary/aromatic N) is 2. The van der Waals surface area contributed by atoms with Gasteiger partial charge in [-0.1, -0.05) is 0 Å². The van der Waals surface area contributed by atoms with E-state index in [0.717, 1.165) is 31.8 Å². The molecule has 2 heterocycles. The van der Waals surface area contributed by atoms with E-state index < -0.39 is 0 Å². The quantitative estimate of drug-likeness (QED) is 0.845. The summed E-state index contributed by atoms with van der Waals surface area (Å²) in [6.45, 7) is 4.17. The Morgan fingerprint density at radius 2 is 2.00 bits per heavy atom. The summed E-state index contributed by atoms with van der Waals surface area (Å²) in [4.78, 5) is 20.0. The lowest BCUT2D eigenvalue weighted by Gasteiger charge is -2.21. The second kappa shape index (κ2) is 7.28. The molecule has 2 rings (SSSR count). The summed E-state index contributed by atoms with van der Waals surface area (Å²) < 4.78 is 4.88. The Bertz CT molecular complexity index is 377. The highest BCUT2D eigenvalue weighted by molar-refractivity contribution is 5.88. The maximum absolute atomic E-state index is 11.4.